The van der Waals surface area contributed by atoms with Gasteiger partial charge in [-0.1, -0.05) is 0 Å². The highest BCUT2D eigenvalue weighted by Crippen LogP contribution is 2.72. The van der Waals surface area contributed by atoms with Crippen molar-refractivity contribution in [2.24, 2.45) is 0 Å². The van der Waals surface area contributed by atoms with Crippen LogP contribution >= 0.6 is 23.5 Å². The molecule has 2 aliphatic rings. The zero-order valence-corrected chi connectivity index (χ0v) is 17.7. The van der Waals surface area contributed by atoms with E-state index in [1.54, 1.807) is 0 Å². The maximum atomic E-state index is 15.0. The maximum Gasteiger partial charge on any atom is 0.490 e. The van der Waals surface area contributed by atoms with E-state index in [9.17, 15) is 32.9 Å². The Morgan fingerprint density at radius 2 is 1.84 bits per heavy atom. The monoisotopic (exact) mass is 513 g/mol. The van der Waals surface area contributed by atoms with Crippen molar-refractivity contribution in [3.63, 3.8) is 0 Å². The average molecular weight is 513 g/mol. The SMILES string of the molecule is CO[C@]12O[C@@H](n3ccc(N)nc3=O)[C@H](F)[C@@]1(O)C2OP(=O)(O)OP(=O)(O)OP(=O)(O)O. The van der Waals surface area contributed by atoms with E-state index >= 15 is 0 Å². The van der Waals surface area contributed by atoms with E-state index in [1.807, 2.05) is 0 Å². The second-order valence-electron chi connectivity index (χ2n) is 6.23. The van der Waals surface area contributed by atoms with Gasteiger partial charge >= 0.3 is 29.2 Å². The number of methoxy groups -OCH3 is 1. The lowest BCUT2D eigenvalue weighted by molar-refractivity contribution is -0.203. The number of nitrogens with zero attached hydrogens (tertiary/aromatic N) is 2. The van der Waals surface area contributed by atoms with Crippen molar-refractivity contribution in [1.29, 1.82) is 0 Å². The van der Waals surface area contributed by atoms with Gasteiger partial charge in [0.2, 0.25) is 5.79 Å². The predicted octanol–water partition coefficient (Wildman–Crippen LogP) is -1.51. The first-order valence-electron chi connectivity index (χ1n) is 7.74. The molecule has 1 aliphatic carbocycles. The van der Waals surface area contributed by atoms with Crippen LogP contribution in [0.25, 0.3) is 0 Å². The molecule has 1 aliphatic heterocycles. The van der Waals surface area contributed by atoms with Gasteiger partial charge < -0.3 is 39.9 Å². The Morgan fingerprint density at radius 1 is 1.23 bits per heavy atom. The standard InChI is InChI=1S/C10H15FN3O14P3/c1-24-10-7(26-30(20,21)28-31(22,23)27-29(17,18)19)9(10,16)5(11)6(25-10)14-3-2-4(12)13-8(14)15/h2-3,5-7,16H,1H3,(H,20,21)(H,22,23)(H2,12,13,15)(H2,17,18,19)/t5-,6+,7?,9+,10+/m0/s1. The quantitative estimate of drug-likeness (QED) is 0.216. The number of hydrogen-bond donors (Lipinski definition) is 6. The molecular formula is C10H15FN3O14P3. The summed E-state index contributed by atoms with van der Waals surface area (Å²) >= 11 is 0. The second-order valence-corrected chi connectivity index (χ2v) is 10.6. The highest BCUT2D eigenvalue weighted by molar-refractivity contribution is 7.66. The van der Waals surface area contributed by atoms with Gasteiger partial charge in [0, 0.05) is 13.3 Å². The van der Waals surface area contributed by atoms with Gasteiger partial charge in [0.25, 0.3) is 0 Å². The summed E-state index contributed by atoms with van der Waals surface area (Å²) in [6.45, 7) is 0. The largest absolute Gasteiger partial charge is 0.490 e. The molecule has 1 aromatic rings. The van der Waals surface area contributed by atoms with Gasteiger partial charge in [-0.05, 0) is 6.07 Å². The molecule has 1 saturated heterocycles. The Morgan fingerprint density at radius 3 is 2.32 bits per heavy atom. The average Bonchev–Trinajstić information content (AvgIpc) is 2.95. The minimum atomic E-state index is -5.86. The summed E-state index contributed by atoms with van der Waals surface area (Å²) in [4.78, 5) is 51.0. The van der Waals surface area contributed by atoms with Crippen LogP contribution in [0.4, 0.5) is 10.2 Å². The molecule has 7 atom stereocenters. The first kappa shape index (κ1) is 24.5. The molecule has 1 aromatic heterocycles. The minimum Gasteiger partial charge on any atom is -0.383 e. The minimum absolute atomic E-state index is 0.189. The van der Waals surface area contributed by atoms with Crippen LogP contribution in [0, 0.1) is 0 Å². The van der Waals surface area contributed by atoms with E-state index in [2.05, 4.69) is 18.1 Å². The van der Waals surface area contributed by atoms with E-state index in [-0.39, 0.29) is 5.82 Å². The number of ether oxygens (including phenoxy) is 2. The van der Waals surface area contributed by atoms with Crippen LogP contribution in [0.1, 0.15) is 6.23 Å². The van der Waals surface area contributed by atoms with Crippen LogP contribution in [0.2, 0.25) is 0 Å². The fourth-order valence-corrected chi connectivity index (χ4v) is 6.29. The topological polar surface area (TPSA) is 259 Å². The number of nitrogens with two attached hydrogens (primary N) is 1. The van der Waals surface area contributed by atoms with E-state index in [4.69, 9.17) is 29.9 Å². The van der Waals surface area contributed by atoms with E-state index in [0.717, 1.165) is 19.4 Å². The van der Waals surface area contributed by atoms with Crippen LogP contribution in [-0.2, 0) is 36.3 Å². The van der Waals surface area contributed by atoms with Crippen molar-refractivity contribution >= 4 is 29.3 Å². The molecule has 1 saturated carbocycles. The molecule has 0 amide bonds. The molecule has 0 spiro atoms. The van der Waals surface area contributed by atoms with Gasteiger partial charge in [-0.25, -0.2) is 22.9 Å². The highest BCUT2D eigenvalue weighted by atomic mass is 31.3. The third-order valence-corrected chi connectivity index (χ3v) is 8.07. The summed E-state index contributed by atoms with van der Waals surface area (Å²) < 4.78 is 71.1. The third-order valence-electron chi connectivity index (χ3n) is 4.27. The number of alkyl halides is 1. The van der Waals surface area contributed by atoms with Crippen molar-refractivity contribution < 1.29 is 65.4 Å². The van der Waals surface area contributed by atoms with Crippen LogP contribution in [0.15, 0.2) is 17.1 Å². The van der Waals surface area contributed by atoms with Crippen LogP contribution < -0.4 is 11.4 Å². The number of hydrogen-bond acceptors (Lipinski definition) is 12. The van der Waals surface area contributed by atoms with E-state index in [1.165, 1.54) is 0 Å². The number of nitrogen functional groups attached to an aromatic ring is 1. The molecule has 31 heavy (non-hydrogen) atoms. The zero-order chi connectivity index (χ0) is 23.6. The number of aromatic nitrogens is 2. The molecule has 3 rings (SSSR count). The molecule has 0 aromatic carbocycles. The van der Waals surface area contributed by atoms with E-state index in [0.29, 0.717) is 4.57 Å². The van der Waals surface area contributed by atoms with Crippen molar-refractivity contribution in [1.82, 2.24) is 9.55 Å². The van der Waals surface area contributed by atoms with Crippen LogP contribution in [-0.4, -0.2) is 65.0 Å². The highest BCUT2D eigenvalue weighted by Gasteiger charge is 2.92. The molecular weight excluding hydrogens is 498 g/mol. The first-order valence-corrected chi connectivity index (χ1v) is 12.3. The van der Waals surface area contributed by atoms with Crippen LogP contribution in [0.3, 0.4) is 0 Å². The predicted molar refractivity (Wildman–Crippen MR) is 91.4 cm³/mol. The molecule has 0 radical (unpaired) electrons. The molecule has 2 heterocycles. The van der Waals surface area contributed by atoms with Crippen LogP contribution in [0.5, 0.6) is 0 Å². The van der Waals surface area contributed by atoms with Crippen molar-refractivity contribution in [3.8, 4) is 0 Å². The smallest absolute Gasteiger partial charge is 0.383 e. The number of anilines is 1. The number of fused-ring (bicyclic) bond motifs is 1. The van der Waals surface area contributed by atoms with Gasteiger partial charge in [-0.3, -0.25) is 9.09 Å². The Bertz CT molecular complexity index is 1090. The van der Waals surface area contributed by atoms with Crippen molar-refractivity contribution in [2.75, 3.05) is 12.8 Å². The number of rotatable bonds is 8. The van der Waals surface area contributed by atoms with E-state index < -0.39 is 59.0 Å². The molecule has 2 fully saturated rings. The van der Waals surface area contributed by atoms with Gasteiger partial charge in [0.1, 0.15) is 5.82 Å². The number of aliphatic hydroxyl groups is 1. The first-order chi connectivity index (χ1) is 14.0. The Kier molecular flexibility index (Phi) is 5.91. The normalized spacial score (nSPS) is 36.4. The maximum absolute atomic E-state index is 15.0. The zero-order valence-electron chi connectivity index (χ0n) is 15.0. The second kappa shape index (κ2) is 7.46. The molecule has 17 nitrogen and oxygen atoms in total. The van der Waals surface area contributed by atoms with Gasteiger partial charge in [0.05, 0.1) is 0 Å². The lowest BCUT2D eigenvalue weighted by Crippen LogP contribution is -2.38. The van der Waals surface area contributed by atoms with Gasteiger partial charge in [-0.2, -0.15) is 13.6 Å². The molecule has 176 valence electrons. The summed E-state index contributed by atoms with van der Waals surface area (Å²) in [6.07, 6.45) is -5.53. The summed E-state index contributed by atoms with van der Waals surface area (Å²) in [5.74, 6) is -2.67. The molecule has 7 N–H and O–H groups in total. The van der Waals surface area contributed by atoms with Gasteiger partial charge in [0.15, 0.2) is 24.1 Å². The number of halogens is 1. The summed E-state index contributed by atoms with van der Waals surface area (Å²) in [6, 6.07) is 1.12. The summed E-state index contributed by atoms with van der Waals surface area (Å²) in [5, 5.41) is 10.6. The Hall–Kier alpha value is -1.10. The Balaban J connectivity index is 1.82. The third kappa shape index (κ3) is 4.28. The lowest BCUT2D eigenvalue weighted by Gasteiger charge is -2.24. The fraction of sp³-hybridized carbons (Fsp3) is 0.600. The molecule has 3 unspecified atom stereocenters. The Labute approximate surface area is 170 Å². The lowest BCUT2D eigenvalue weighted by atomic mass is 10.2. The van der Waals surface area contributed by atoms with Gasteiger partial charge in [-0.15, -0.1) is 0 Å². The molecule has 21 heteroatoms. The number of phosphoric acid groups is 3. The number of phosphoric ester groups is 1. The molecule has 0 bridgehead atoms. The summed E-state index contributed by atoms with van der Waals surface area (Å²) in [5.41, 5.74) is 1.44. The fourth-order valence-electron chi connectivity index (χ4n) is 3.06. The van der Waals surface area contributed by atoms with Crippen molar-refractivity contribution in [3.05, 3.63) is 22.7 Å². The summed E-state index contributed by atoms with van der Waals surface area (Å²) in [7, 11) is -16.4. The van der Waals surface area contributed by atoms with Crippen molar-refractivity contribution in [2.45, 2.75) is 29.9 Å².